The van der Waals surface area contributed by atoms with Crippen LogP contribution < -0.4 is 5.32 Å². The number of carbonyl (C=O) groups excluding carboxylic acids is 1. The first-order chi connectivity index (χ1) is 11.3. The number of anilines is 1. The molecule has 0 radical (unpaired) electrons. The molecule has 0 saturated carbocycles. The van der Waals surface area contributed by atoms with Gasteiger partial charge < -0.3 is 10.1 Å². The van der Waals surface area contributed by atoms with Crippen molar-refractivity contribution in [1.82, 2.24) is 0 Å². The molecule has 0 aliphatic carbocycles. The maximum atomic E-state index is 13.3. The van der Waals surface area contributed by atoms with Crippen molar-refractivity contribution in [3.8, 4) is 6.07 Å². The minimum atomic E-state index is -4.48. The lowest BCUT2D eigenvalue weighted by molar-refractivity contribution is -0.196. The second-order valence-corrected chi connectivity index (χ2v) is 6.43. The molecule has 1 aromatic carbocycles. The van der Waals surface area contributed by atoms with Crippen LogP contribution in [0.3, 0.4) is 0 Å². The van der Waals surface area contributed by atoms with Crippen LogP contribution in [0, 0.1) is 23.2 Å². The number of ether oxygens (including phenoxy) is 1. The Kier molecular flexibility index (Phi) is 4.45. The van der Waals surface area contributed by atoms with Gasteiger partial charge in [0, 0.05) is 0 Å². The Morgan fingerprint density at radius 3 is 2.71 bits per heavy atom. The van der Waals surface area contributed by atoms with Crippen LogP contribution >= 0.6 is 11.6 Å². The van der Waals surface area contributed by atoms with Crippen LogP contribution in [0.15, 0.2) is 18.2 Å². The fraction of sp³-hybridized carbons (Fsp3) is 0.500. The molecule has 24 heavy (non-hydrogen) atoms. The van der Waals surface area contributed by atoms with Crippen LogP contribution in [0.5, 0.6) is 0 Å². The number of rotatable bonds is 3. The summed E-state index contributed by atoms with van der Waals surface area (Å²) in [6, 6.07) is 6.57. The number of benzene rings is 1. The van der Waals surface area contributed by atoms with Gasteiger partial charge in [0.2, 0.25) is 5.91 Å². The van der Waals surface area contributed by atoms with Gasteiger partial charge >= 0.3 is 6.18 Å². The predicted octanol–water partition coefficient (Wildman–Crippen LogP) is 3.70. The number of amides is 1. The molecule has 1 amide bonds. The Morgan fingerprint density at radius 1 is 1.38 bits per heavy atom. The quantitative estimate of drug-likeness (QED) is 0.896. The Balaban J connectivity index is 1.78. The highest BCUT2D eigenvalue weighted by Gasteiger charge is 2.62. The predicted molar refractivity (Wildman–Crippen MR) is 80.3 cm³/mol. The number of fused-ring (bicyclic) bond motifs is 2. The summed E-state index contributed by atoms with van der Waals surface area (Å²) in [7, 11) is 0. The van der Waals surface area contributed by atoms with Crippen molar-refractivity contribution in [2.75, 3.05) is 5.32 Å². The largest absolute Gasteiger partial charge is 0.395 e. The van der Waals surface area contributed by atoms with Gasteiger partial charge in [-0.1, -0.05) is 17.7 Å². The van der Waals surface area contributed by atoms with E-state index >= 15 is 0 Å². The maximum absolute atomic E-state index is 13.3. The van der Waals surface area contributed by atoms with Gasteiger partial charge in [-0.3, -0.25) is 4.79 Å². The highest BCUT2D eigenvalue weighted by Crippen LogP contribution is 2.50. The minimum Gasteiger partial charge on any atom is -0.373 e. The molecule has 2 saturated heterocycles. The topological polar surface area (TPSA) is 62.1 Å². The highest BCUT2D eigenvalue weighted by molar-refractivity contribution is 6.33. The molecule has 4 atom stereocenters. The number of alkyl halides is 3. The Hall–Kier alpha value is -1.78. The molecule has 4 nitrogen and oxygen atoms in total. The number of halogens is 4. The average molecular weight is 359 g/mol. The fourth-order valence-corrected chi connectivity index (χ4v) is 3.75. The molecule has 1 aromatic rings. The van der Waals surface area contributed by atoms with Crippen molar-refractivity contribution < 1.29 is 22.7 Å². The summed E-state index contributed by atoms with van der Waals surface area (Å²) in [5.74, 6) is -3.79. The summed E-state index contributed by atoms with van der Waals surface area (Å²) in [5, 5.41) is 11.3. The molecule has 2 aliphatic heterocycles. The molecule has 8 heteroatoms. The zero-order valence-electron chi connectivity index (χ0n) is 12.4. The normalized spacial score (nSPS) is 28.6. The van der Waals surface area contributed by atoms with Gasteiger partial charge in [0.1, 0.15) is 0 Å². The standard InChI is InChI=1S/C16H14ClF3N2O2/c17-9-7-8(5-6-21)1-2-10(9)22-15(23)13-11-3-4-12(24-11)14(13)16(18,19)20/h1-2,7,11-14H,3-5H2,(H,22,23). The van der Waals surface area contributed by atoms with Gasteiger partial charge in [-0.15, -0.1) is 0 Å². The van der Waals surface area contributed by atoms with E-state index in [9.17, 15) is 18.0 Å². The molecular weight excluding hydrogens is 345 g/mol. The molecule has 4 unspecified atom stereocenters. The van der Waals surface area contributed by atoms with Crippen LogP contribution in [-0.4, -0.2) is 24.3 Å². The third-order valence-corrected chi connectivity index (χ3v) is 4.84. The number of nitrogens with one attached hydrogen (secondary N) is 1. The van der Waals surface area contributed by atoms with E-state index in [1.165, 1.54) is 12.1 Å². The molecule has 0 spiro atoms. The first kappa shape index (κ1) is 17.1. The zero-order chi connectivity index (χ0) is 17.5. The minimum absolute atomic E-state index is 0.157. The number of nitrogens with zero attached hydrogens (tertiary/aromatic N) is 1. The lowest BCUT2D eigenvalue weighted by Gasteiger charge is -2.28. The second kappa shape index (κ2) is 6.26. The molecule has 2 aliphatic rings. The van der Waals surface area contributed by atoms with E-state index in [0.29, 0.717) is 18.4 Å². The summed E-state index contributed by atoms with van der Waals surface area (Å²) < 4.78 is 45.1. The van der Waals surface area contributed by atoms with E-state index in [1.807, 2.05) is 6.07 Å². The van der Waals surface area contributed by atoms with Crippen molar-refractivity contribution in [2.45, 2.75) is 37.6 Å². The van der Waals surface area contributed by atoms with Gasteiger partial charge in [0.15, 0.2) is 0 Å². The fourth-order valence-electron chi connectivity index (χ4n) is 3.50. The molecule has 3 rings (SSSR count). The van der Waals surface area contributed by atoms with Gasteiger partial charge in [-0.25, -0.2) is 0 Å². The summed E-state index contributed by atoms with van der Waals surface area (Å²) in [5.41, 5.74) is 0.893. The zero-order valence-corrected chi connectivity index (χ0v) is 13.2. The molecule has 2 bridgehead atoms. The molecule has 128 valence electrons. The van der Waals surface area contributed by atoms with E-state index in [0.717, 1.165) is 0 Å². The van der Waals surface area contributed by atoms with Crippen molar-refractivity contribution in [3.63, 3.8) is 0 Å². The van der Waals surface area contributed by atoms with E-state index in [1.54, 1.807) is 6.07 Å². The van der Waals surface area contributed by atoms with Gasteiger partial charge in [0.25, 0.3) is 0 Å². The summed E-state index contributed by atoms with van der Waals surface area (Å²) in [6.07, 6.45) is -5.21. The van der Waals surface area contributed by atoms with E-state index < -0.39 is 36.1 Å². The van der Waals surface area contributed by atoms with E-state index in [2.05, 4.69) is 5.32 Å². The van der Waals surface area contributed by atoms with Crippen molar-refractivity contribution in [3.05, 3.63) is 28.8 Å². The number of nitriles is 1. The molecule has 0 aromatic heterocycles. The Bertz CT molecular complexity index is 702. The summed E-state index contributed by atoms with van der Waals surface area (Å²) >= 11 is 6.04. The van der Waals surface area contributed by atoms with Crippen LogP contribution in [0.4, 0.5) is 18.9 Å². The van der Waals surface area contributed by atoms with Gasteiger partial charge in [-0.05, 0) is 30.5 Å². The maximum Gasteiger partial charge on any atom is 0.395 e. The Labute approximate surface area is 141 Å². The van der Waals surface area contributed by atoms with Crippen LogP contribution in [-0.2, 0) is 16.0 Å². The van der Waals surface area contributed by atoms with Crippen molar-refractivity contribution >= 4 is 23.2 Å². The first-order valence-electron chi connectivity index (χ1n) is 7.49. The van der Waals surface area contributed by atoms with Crippen LogP contribution in [0.2, 0.25) is 5.02 Å². The molecule has 2 fully saturated rings. The van der Waals surface area contributed by atoms with Crippen LogP contribution in [0.25, 0.3) is 0 Å². The number of carbonyl (C=O) groups is 1. The monoisotopic (exact) mass is 358 g/mol. The first-order valence-corrected chi connectivity index (χ1v) is 7.87. The average Bonchev–Trinajstić information content (AvgIpc) is 3.10. The van der Waals surface area contributed by atoms with Crippen LogP contribution in [0.1, 0.15) is 18.4 Å². The van der Waals surface area contributed by atoms with Crippen molar-refractivity contribution in [2.24, 2.45) is 11.8 Å². The summed E-state index contributed by atoms with van der Waals surface area (Å²) in [6.45, 7) is 0. The second-order valence-electron chi connectivity index (χ2n) is 6.02. The molecular formula is C16H14ClF3N2O2. The highest BCUT2D eigenvalue weighted by atomic mass is 35.5. The van der Waals surface area contributed by atoms with Gasteiger partial charge in [0.05, 0.1) is 47.2 Å². The van der Waals surface area contributed by atoms with E-state index in [-0.39, 0.29) is 17.1 Å². The van der Waals surface area contributed by atoms with Crippen molar-refractivity contribution in [1.29, 1.82) is 5.26 Å². The SMILES string of the molecule is N#CCc1ccc(NC(=O)C2C3CCC(O3)C2C(F)(F)F)c(Cl)c1. The third-order valence-electron chi connectivity index (χ3n) is 4.53. The number of hydrogen-bond acceptors (Lipinski definition) is 3. The number of hydrogen-bond donors (Lipinski definition) is 1. The Morgan fingerprint density at radius 2 is 2.08 bits per heavy atom. The van der Waals surface area contributed by atoms with Gasteiger partial charge in [-0.2, -0.15) is 18.4 Å². The lowest BCUT2D eigenvalue weighted by Crippen LogP contribution is -2.44. The molecule has 2 heterocycles. The van der Waals surface area contributed by atoms with E-state index in [4.69, 9.17) is 21.6 Å². The smallest absolute Gasteiger partial charge is 0.373 e. The summed E-state index contributed by atoms with van der Waals surface area (Å²) in [4.78, 5) is 12.4. The lowest BCUT2D eigenvalue weighted by atomic mass is 9.78. The third kappa shape index (κ3) is 3.08. The molecule has 1 N–H and O–H groups in total.